The van der Waals surface area contributed by atoms with Gasteiger partial charge in [-0.25, -0.2) is 0 Å². The van der Waals surface area contributed by atoms with Crippen molar-refractivity contribution in [2.45, 2.75) is 13.8 Å². The molecule has 1 amide bonds. The van der Waals surface area contributed by atoms with Crippen LogP contribution in [0.15, 0.2) is 36.5 Å². The van der Waals surface area contributed by atoms with E-state index in [0.717, 1.165) is 5.69 Å². The SMILES string of the molecule is CCOc1ccc(NC(=O)c2ccc(C)nc2)cc1OC. The van der Waals surface area contributed by atoms with Gasteiger partial charge < -0.3 is 14.8 Å². The maximum Gasteiger partial charge on any atom is 0.257 e. The van der Waals surface area contributed by atoms with Crippen LogP contribution in [-0.2, 0) is 0 Å². The summed E-state index contributed by atoms with van der Waals surface area (Å²) < 4.78 is 10.7. The van der Waals surface area contributed by atoms with Crippen molar-refractivity contribution in [3.8, 4) is 11.5 Å². The Morgan fingerprint density at radius 1 is 1.24 bits per heavy atom. The lowest BCUT2D eigenvalue weighted by Gasteiger charge is -2.11. The van der Waals surface area contributed by atoms with Gasteiger partial charge in [0.25, 0.3) is 5.91 Å². The second-order valence-electron chi connectivity index (χ2n) is 4.44. The summed E-state index contributed by atoms with van der Waals surface area (Å²) in [4.78, 5) is 16.2. The third-order valence-corrected chi connectivity index (χ3v) is 2.89. The first-order valence-electron chi connectivity index (χ1n) is 6.69. The lowest BCUT2D eigenvalue weighted by Crippen LogP contribution is -2.12. The highest BCUT2D eigenvalue weighted by Gasteiger charge is 2.09. The van der Waals surface area contributed by atoms with Gasteiger partial charge in [0.15, 0.2) is 11.5 Å². The van der Waals surface area contributed by atoms with Gasteiger partial charge in [-0.1, -0.05) is 0 Å². The Labute approximate surface area is 123 Å². The van der Waals surface area contributed by atoms with Crippen molar-refractivity contribution in [1.29, 1.82) is 0 Å². The molecule has 0 aliphatic carbocycles. The average molecular weight is 286 g/mol. The minimum atomic E-state index is -0.214. The molecule has 0 unspecified atom stereocenters. The zero-order valence-corrected chi connectivity index (χ0v) is 12.3. The average Bonchev–Trinajstić information content (AvgIpc) is 2.49. The Morgan fingerprint density at radius 3 is 2.67 bits per heavy atom. The molecule has 2 aromatic rings. The van der Waals surface area contributed by atoms with Crippen LogP contribution in [0.1, 0.15) is 23.0 Å². The van der Waals surface area contributed by atoms with Gasteiger partial charge in [-0.3, -0.25) is 9.78 Å². The van der Waals surface area contributed by atoms with Gasteiger partial charge >= 0.3 is 0 Å². The molecule has 1 aromatic carbocycles. The van der Waals surface area contributed by atoms with E-state index in [9.17, 15) is 4.79 Å². The summed E-state index contributed by atoms with van der Waals surface area (Å²) in [6.45, 7) is 4.33. The van der Waals surface area contributed by atoms with Gasteiger partial charge in [-0.15, -0.1) is 0 Å². The third-order valence-electron chi connectivity index (χ3n) is 2.89. The molecule has 0 bridgehead atoms. The molecule has 0 fully saturated rings. The van der Waals surface area contributed by atoms with Crippen molar-refractivity contribution in [3.63, 3.8) is 0 Å². The fourth-order valence-corrected chi connectivity index (χ4v) is 1.83. The molecule has 0 atom stereocenters. The summed E-state index contributed by atoms with van der Waals surface area (Å²) in [5.41, 5.74) is 2.02. The Bertz CT molecular complexity index is 624. The molecule has 1 aromatic heterocycles. The lowest BCUT2D eigenvalue weighted by atomic mass is 10.2. The Hall–Kier alpha value is -2.56. The Balaban J connectivity index is 2.15. The lowest BCUT2D eigenvalue weighted by molar-refractivity contribution is 0.102. The van der Waals surface area contributed by atoms with E-state index in [0.29, 0.717) is 29.4 Å². The molecule has 1 N–H and O–H groups in total. The van der Waals surface area contributed by atoms with Crippen molar-refractivity contribution in [3.05, 3.63) is 47.8 Å². The number of aryl methyl sites for hydroxylation is 1. The second-order valence-corrected chi connectivity index (χ2v) is 4.44. The first kappa shape index (κ1) is 14.8. The number of carbonyl (C=O) groups excluding carboxylic acids is 1. The molecule has 1 heterocycles. The number of benzene rings is 1. The molecular weight excluding hydrogens is 268 g/mol. The monoisotopic (exact) mass is 286 g/mol. The van der Waals surface area contributed by atoms with Crippen LogP contribution in [0.5, 0.6) is 11.5 Å². The number of hydrogen-bond donors (Lipinski definition) is 1. The van der Waals surface area contributed by atoms with Crippen LogP contribution in [0.3, 0.4) is 0 Å². The highest BCUT2D eigenvalue weighted by atomic mass is 16.5. The number of rotatable bonds is 5. The number of aromatic nitrogens is 1. The number of ether oxygens (including phenoxy) is 2. The quantitative estimate of drug-likeness (QED) is 0.917. The van der Waals surface area contributed by atoms with E-state index in [4.69, 9.17) is 9.47 Å². The van der Waals surface area contributed by atoms with Crippen LogP contribution in [0.2, 0.25) is 0 Å². The van der Waals surface area contributed by atoms with Crippen LogP contribution in [0.4, 0.5) is 5.69 Å². The van der Waals surface area contributed by atoms with Crippen LogP contribution >= 0.6 is 0 Å². The number of methoxy groups -OCH3 is 1. The van der Waals surface area contributed by atoms with Gasteiger partial charge in [0, 0.05) is 23.6 Å². The zero-order chi connectivity index (χ0) is 15.2. The normalized spacial score (nSPS) is 10.0. The standard InChI is InChI=1S/C16H18N2O3/c1-4-21-14-8-7-13(9-15(14)20-3)18-16(19)12-6-5-11(2)17-10-12/h5-10H,4H2,1-3H3,(H,18,19). The number of anilines is 1. The maximum atomic E-state index is 12.1. The fraction of sp³-hybridized carbons (Fsp3) is 0.250. The van der Waals surface area contributed by atoms with E-state index < -0.39 is 0 Å². The number of hydrogen-bond acceptors (Lipinski definition) is 4. The van der Waals surface area contributed by atoms with Crippen molar-refractivity contribution in [2.75, 3.05) is 19.0 Å². The van der Waals surface area contributed by atoms with Crippen LogP contribution in [-0.4, -0.2) is 24.6 Å². The number of nitrogens with zero attached hydrogens (tertiary/aromatic N) is 1. The molecular formula is C16H18N2O3. The van der Waals surface area contributed by atoms with Gasteiger partial charge in [0.05, 0.1) is 19.3 Å². The largest absolute Gasteiger partial charge is 0.493 e. The number of pyridine rings is 1. The van der Waals surface area contributed by atoms with Gasteiger partial charge in [-0.2, -0.15) is 0 Å². The summed E-state index contributed by atoms with van der Waals surface area (Å²) in [6.07, 6.45) is 1.55. The molecule has 5 nitrogen and oxygen atoms in total. The fourth-order valence-electron chi connectivity index (χ4n) is 1.83. The molecule has 0 radical (unpaired) electrons. The van der Waals surface area contributed by atoms with Crippen LogP contribution < -0.4 is 14.8 Å². The third kappa shape index (κ3) is 3.72. The predicted molar refractivity (Wildman–Crippen MR) is 81.1 cm³/mol. The summed E-state index contributed by atoms with van der Waals surface area (Å²) in [5, 5.41) is 2.81. The van der Waals surface area contributed by atoms with Gasteiger partial charge in [0.2, 0.25) is 0 Å². The summed E-state index contributed by atoms with van der Waals surface area (Å²) >= 11 is 0. The number of nitrogens with one attached hydrogen (secondary N) is 1. The highest BCUT2D eigenvalue weighted by Crippen LogP contribution is 2.30. The second kappa shape index (κ2) is 6.74. The molecule has 0 aliphatic rings. The maximum absolute atomic E-state index is 12.1. The summed E-state index contributed by atoms with van der Waals surface area (Å²) in [7, 11) is 1.56. The molecule has 0 spiro atoms. The zero-order valence-electron chi connectivity index (χ0n) is 12.3. The summed E-state index contributed by atoms with van der Waals surface area (Å²) in [5.74, 6) is 1.01. The number of carbonyl (C=O) groups is 1. The minimum absolute atomic E-state index is 0.214. The van der Waals surface area contributed by atoms with Crippen LogP contribution in [0, 0.1) is 6.92 Å². The van der Waals surface area contributed by atoms with E-state index >= 15 is 0 Å². The molecule has 5 heteroatoms. The topological polar surface area (TPSA) is 60.5 Å². The van der Waals surface area contributed by atoms with E-state index in [2.05, 4.69) is 10.3 Å². The molecule has 0 aliphatic heterocycles. The van der Waals surface area contributed by atoms with Crippen molar-refractivity contribution in [2.24, 2.45) is 0 Å². The first-order valence-corrected chi connectivity index (χ1v) is 6.69. The van der Waals surface area contributed by atoms with Crippen molar-refractivity contribution < 1.29 is 14.3 Å². The van der Waals surface area contributed by atoms with Gasteiger partial charge in [0.1, 0.15) is 0 Å². The predicted octanol–water partition coefficient (Wildman–Crippen LogP) is 3.05. The summed E-state index contributed by atoms with van der Waals surface area (Å²) in [6, 6.07) is 8.81. The van der Waals surface area contributed by atoms with Gasteiger partial charge in [-0.05, 0) is 38.1 Å². The van der Waals surface area contributed by atoms with E-state index in [1.54, 1.807) is 43.6 Å². The molecule has 0 saturated heterocycles. The minimum Gasteiger partial charge on any atom is -0.493 e. The molecule has 0 saturated carbocycles. The highest BCUT2D eigenvalue weighted by molar-refractivity contribution is 6.04. The molecule has 110 valence electrons. The molecule has 2 rings (SSSR count). The Kier molecular flexibility index (Phi) is 4.77. The van der Waals surface area contributed by atoms with Crippen molar-refractivity contribution in [1.82, 2.24) is 4.98 Å². The van der Waals surface area contributed by atoms with E-state index in [1.165, 1.54) is 0 Å². The smallest absolute Gasteiger partial charge is 0.257 e. The molecule has 21 heavy (non-hydrogen) atoms. The Morgan fingerprint density at radius 2 is 2.05 bits per heavy atom. The van der Waals surface area contributed by atoms with Crippen molar-refractivity contribution >= 4 is 11.6 Å². The first-order chi connectivity index (χ1) is 10.1. The van der Waals surface area contributed by atoms with E-state index in [-0.39, 0.29) is 5.91 Å². The van der Waals surface area contributed by atoms with Crippen LogP contribution in [0.25, 0.3) is 0 Å². The number of amides is 1. The van der Waals surface area contributed by atoms with E-state index in [1.807, 2.05) is 13.8 Å².